The Morgan fingerprint density at radius 1 is 1.47 bits per heavy atom. The fourth-order valence-corrected chi connectivity index (χ4v) is 1.58. The van der Waals surface area contributed by atoms with Crippen molar-refractivity contribution in [2.45, 2.75) is 26.2 Å². The Kier molecular flexibility index (Phi) is 2.79. The molecule has 0 N–H and O–H groups in total. The standard InChI is InChI=1S/C11H14N4O2/c1-4-17-10(16)11(2,3)9-14-13-8-7-12-5-6-15(8)9/h5-7H,4H2,1-3H3. The van der Waals surface area contributed by atoms with E-state index in [-0.39, 0.29) is 5.97 Å². The minimum Gasteiger partial charge on any atom is -0.465 e. The molecule has 0 unspecified atom stereocenters. The Balaban J connectivity index is 2.48. The van der Waals surface area contributed by atoms with Crippen molar-refractivity contribution in [2.24, 2.45) is 0 Å². The maximum Gasteiger partial charge on any atom is 0.319 e. The molecule has 0 aromatic carbocycles. The Labute approximate surface area is 98.6 Å². The summed E-state index contributed by atoms with van der Waals surface area (Å²) < 4.78 is 6.78. The second-order valence-electron chi connectivity index (χ2n) is 4.17. The highest BCUT2D eigenvalue weighted by Gasteiger charge is 2.36. The molecule has 2 heterocycles. The lowest BCUT2D eigenvalue weighted by atomic mass is 9.92. The van der Waals surface area contributed by atoms with Gasteiger partial charge >= 0.3 is 5.97 Å². The van der Waals surface area contributed by atoms with Gasteiger partial charge in [-0.05, 0) is 20.8 Å². The van der Waals surface area contributed by atoms with E-state index in [0.717, 1.165) is 0 Å². The maximum atomic E-state index is 11.9. The molecule has 0 aliphatic rings. The Morgan fingerprint density at radius 2 is 2.24 bits per heavy atom. The molecule has 6 heteroatoms. The van der Waals surface area contributed by atoms with Crippen LogP contribution in [0.25, 0.3) is 5.65 Å². The summed E-state index contributed by atoms with van der Waals surface area (Å²) in [7, 11) is 0. The van der Waals surface area contributed by atoms with Crippen molar-refractivity contribution >= 4 is 11.6 Å². The van der Waals surface area contributed by atoms with Gasteiger partial charge < -0.3 is 4.74 Å². The summed E-state index contributed by atoms with van der Waals surface area (Å²) in [6, 6.07) is 0. The SMILES string of the molecule is CCOC(=O)C(C)(C)c1nnc2cnccn12. The van der Waals surface area contributed by atoms with Gasteiger partial charge in [-0.15, -0.1) is 10.2 Å². The molecule has 0 fully saturated rings. The number of hydrogen-bond acceptors (Lipinski definition) is 5. The first-order chi connectivity index (χ1) is 8.07. The summed E-state index contributed by atoms with van der Waals surface area (Å²) in [4.78, 5) is 15.8. The molecule has 6 nitrogen and oxygen atoms in total. The van der Waals surface area contributed by atoms with Crippen molar-refractivity contribution in [1.82, 2.24) is 19.6 Å². The molecule has 90 valence electrons. The first-order valence-electron chi connectivity index (χ1n) is 5.40. The van der Waals surface area contributed by atoms with Gasteiger partial charge in [0.1, 0.15) is 5.41 Å². The van der Waals surface area contributed by atoms with Gasteiger partial charge in [-0.1, -0.05) is 0 Å². The van der Waals surface area contributed by atoms with Gasteiger partial charge in [0, 0.05) is 12.4 Å². The van der Waals surface area contributed by atoms with Crippen LogP contribution >= 0.6 is 0 Å². The molecule has 0 bridgehead atoms. The number of ether oxygens (including phenoxy) is 1. The zero-order chi connectivity index (χ0) is 12.5. The summed E-state index contributed by atoms with van der Waals surface area (Å²) >= 11 is 0. The number of carbonyl (C=O) groups excluding carboxylic acids is 1. The quantitative estimate of drug-likeness (QED) is 0.740. The van der Waals surface area contributed by atoms with Crippen molar-refractivity contribution in [3.8, 4) is 0 Å². The minimum absolute atomic E-state index is 0.314. The highest BCUT2D eigenvalue weighted by molar-refractivity contribution is 5.81. The van der Waals surface area contributed by atoms with Gasteiger partial charge in [0.2, 0.25) is 0 Å². The average molecular weight is 234 g/mol. The van der Waals surface area contributed by atoms with Crippen LogP contribution in [0.4, 0.5) is 0 Å². The van der Waals surface area contributed by atoms with Crippen molar-refractivity contribution in [1.29, 1.82) is 0 Å². The molecule has 0 atom stereocenters. The third-order valence-electron chi connectivity index (χ3n) is 2.56. The summed E-state index contributed by atoms with van der Waals surface area (Å²) in [5.74, 6) is 0.236. The lowest BCUT2D eigenvalue weighted by molar-refractivity contribution is -0.149. The van der Waals surface area contributed by atoms with E-state index in [4.69, 9.17) is 4.74 Å². The average Bonchev–Trinajstić information content (AvgIpc) is 2.73. The number of hydrogen-bond donors (Lipinski definition) is 0. The van der Waals surface area contributed by atoms with E-state index < -0.39 is 5.41 Å². The van der Waals surface area contributed by atoms with Gasteiger partial charge in [0.25, 0.3) is 0 Å². The smallest absolute Gasteiger partial charge is 0.319 e. The van der Waals surface area contributed by atoms with Crippen LogP contribution in [0, 0.1) is 0 Å². The van der Waals surface area contributed by atoms with Crippen LogP contribution in [0.3, 0.4) is 0 Å². The van der Waals surface area contributed by atoms with Crippen LogP contribution in [0.15, 0.2) is 18.6 Å². The highest BCUT2D eigenvalue weighted by atomic mass is 16.5. The van der Waals surface area contributed by atoms with Crippen LogP contribution in [0.2, 0.25) is 0 Å². The van der Waals surface area contributed by atoms with E-state index in [9.17, 15) is 4.79 Å². The number of esters is 1. The van der Waals surface area contributed by atoms with E-state index in [1.165, 1.54) is 0 Å². The van der Waals surface area contributed by atoms with Crippen LogP contribution in [-0.4, -0.2) is 32.2 Å². The van der Waals surface area contributed by atoms with Crippen LogP contribution in [-0.2, 0) is 14.9 Å². The Bertz CT molecular complexity index is 547. The first-order valence-corrected chi connectivity index (χ1v) is 5.40. The fourth-order valence-electron chi connectivity index (χ4n) is 1.58. The molecule has 0 amide bonds. The number of carbonyl (C=O) groups is 1. The van der Waals surface area contributed by atoms with E-state index in [2.05, 4.69) is 15.2 Å². The van der Waals surface area contributed by atoms with Crippen molar-refractivity contribution < 1.29 is 9.53 Å². The first kappa shape index (κ1) is 11.5. The normalized spacial score (nSPS) is 11.7. The molecule has 0 spiro atoms. The van der Waals surface area contributed by atoms with Gasteiger partial charge in [-0.3, -0.25) is 14.2 Å². The molecule has 17 heavy (non-hydrogen) atoms. The molecular formula is C11H14N4O2. The summed E-state index contributed by atoms with van der Waals surface area (Å²) in [5, 5.41) is 8.01. The number of nitrogens with zero attached hydrogens (tertiary/aromatic N) is 4. The fraction of sp³-hybridized carbons (Fsp3) is 0.455. The van der Waals surface area contributed by atoms with E-state index in [1.54, 1.807) is 43.8 Å². The zero-order valence-corrected chi connectivity index (χ0v) is 10.0. The predicted molar refractivity (Wildman–Crippen MR) is 60.4 cm³/mol. The number of fused-ring (bicyclic) bond motifs is 1. The van der Waals surface area contributed by atoms with Crippen LogP contribution in [0.5, 0.6) is 0 Å². The van der Waals surface area contributed by atoms with Crippen molar-refractivity contribution in [3.05, 3.63) is 24.4 Å². The largest absolute Gasteiger partial charge is 0.465 e. The van der Waals surface area contributed by atoms with E-state index in [1.807, 2.05) is 0 Å². The Morgan fingerprint density at radius 3 is 2.94 bits per heavy atom. The summed E-state index contributed by atoms with van der Waals surface area (Å²) in [6.07, 6.45) is 4.95. The summed E-state index contributed by atoms with van der Waals surface area (Å²) in [6.45, 7) is 5.66. The van der Waals surface area contributed by atoms with Crippen molar-refractivity contribution in [2.75, 3.05) is 6.61 Å². The molecule has 2 aromatic heterocycles. The molecule has 0 aliphatic heterocycles. The zero-order valence-electron chi connectivity index (χ0n) is 10.0. The van der Waals surface area contributed by atoms with Gasteiger partial charge in [0.05, 0.1) is 12.8 Å². The third-order valence-corrected chi connectivity index (χ3v) is 2.56. The van der Waals surface area contributed by atoms with Crippen LogP contribution < -0.4 is 0 Å². The van der Waals surface area contributed by atoms with Gasteiger partial charge in [0.15, 0.2) is 11.5 Å². The molecule has 2 aromatic rings. The lowest BCUT2D eigenvalue weighted by Crippen LogP contribution is -2.33. The van der Waals surface area contributed by atoms with Gasteiger partial charge in [-0.25, -0.2) is 0 Å². The second kappa shape index (κ2) is 4.12. The molecule has 0 radical (unpaired) electrons. The number of aromatic nitrogens is 4. The minimum atomic E-state index is -0.837. The monoisotopic (exact) mass is 234 g/mol. The molecule has 2 rings (SSSR count). The van der Waals surface area contributed by atoms with E-state index >= 15 is 0 Å². The third kappa shape index (κ3) is 1.86. The summed E-state index contributed by atoms with van der Waals surface area (Å²) in [5.41, 5.74) is -0.226. The number of rotatable bonds is 3. The molecule has 0 saturated carbocycles. The van der Waals surface area contributed by atoms with Crippen molar-refractivity contribution in [3.63, 3.8) is 0 Å². The Hall–Kier alpha value is -1.98. The van der Waals surface area contributed by atoms with Gasteiger partial charge in [-0.2, -0.15) is 0 Å². The second-order valence-corrected chi connectivity index (χ2v) is 4.17. The van der Waals surface area contributed by atoms with Crippen LogP contribution in [0.1, 0.15) is 26.6 Å². The highest BCUT2D eigenvalue weighted by Crippen LogP contribution is 2.23. The molecule has 0 aliphatic carbocycles. The lowest BCUT2D eigenvalue weighted by Gasteiger charge is -2.19. The predicted octanol–water partition coefficient (Wildman–Crippen LogP) is 0.965. The maximum absolute atomic E-state index is 11.9. The topological polar surface area (TPSA) is 69.4 Å². The van der Waals surface area contributed by atoms with E-state index in [0.29, 0.717) is 18.1 Å². The molecular weight excluding hydrogens is 220 g/mol. The molecule has 0 saturated heterocycles.